The third kappa shape index (κ3) is 4.23. The van der Waals surface area contributed by atoms with Crippen LogP contribution in [0.4, 0.5) is 5.69 Å². The molecule has 0 aliphatic carbocycles. The lowest BCUT2D eigenvalue weighted by molar-refractivity contribution is -0.113. The van der Waals surface area contributed by atoms with Gasteiger partial charge in [0.2, 0.25) is 11.1 Å². The molecule has 0 atom stereocenters. The summed E-state index contributed by atoms with van der Waals surface area (Å²) in [6, 6.07) is 8.77. The number of carbonyl (C=O) groups excluding carboxylic acids is 1. The Morgan fingerprint density at radius 1 is 1.43 bits per heavy atom. The van der Waals surface area contributed by atoms with Gasteiger partial charge >= 0.3 is 0 Å². The van der Waals surface area contributed by atoms with Gasteiger partial charge in [-0.1, -0.05) is 38.6 Å². The molecule has 7 nitrogen and oxygen atoms in total. The number of hydrogen-bond acceptors (Lipinski definition) is 6. The van der Waals surface area contributed by atoms with Crippen LogP contribution < -0.4 is 11.2 Å². The summed E-state index contributed by atoms with van der Waals surface area (Å²) in [4.78, 5) is 12.0. The third-order valence-electron chi connectivity index (χ3n) is 2.94. The first-order valence-electron chi connectivity index (χ1n) is 6.95. The second-order valence-electron chi connectivity index (χ2n) is 5.96. The molecule has 0 spiro atoms. The van der Waals surface area contributed by atoms with Crippen LogP contribution >= 0.6 is 11.8 Å². The summed E-state index contributed by atoms with van der Waals surface area (Å²) in [6.45, 7) is 5.97. The average molecular weight is 330 g/mol. The number of aromatic nitrogens is 3. The van der Waals surface area contributed by atoms with Gasteiger partial charge in [0.15, 0.2) is 5.82 Å². The minimum Gasteiger partial charge on any atom is -0.336 e. The largest absolute Gasteiger partial charge is 0.336 e. The first-order chi connectivity index (χ1) is 10.8. The zero-order valence-corrected chi connectivity index (χ0v) is 14.0. The first kappa shape index (κ1) is 16.8. The van der Waals surface area contributed by atoms with Crippen molar-refractivity contribution in [2.24, 2.45) is 0 Å². The van der Waals surface area contributed by atoms with Crippen molar-refractivity contribution in [2.75, 3.05) is 16.9 Å². The molecule has 0 bridgehead atoms. The van der Waals surface area contributed by atoms with E-state index in [2.05, 4.69) is 15.5 Å². The summed E-state index contributed by atoms with van der Waals surface area (Å²) in [5.41, 5.74) is 0.854. The highest BCUT2D eigenvalue weighted by atomic mass is 32.2. The van der Waals surface area contributed by atoms with Crippen molar-refractivity contribution in [1.29, 1.82) is 5.26 Å². The van der Waals surface area contributed by atoms with Gasteiger partial charge in [-0.2, -0.15) is 5.26 Å². The fourth-order valence-corrected chi connectivity index (χ4v) is 2.54. The van der Waals surface area contributed by atoms with Crippen LogP contribution in [0.3, 0.4) is 0 Å². The molecule has 0 saturated carbocycles. The first-order valence-corrected chi connectivity index (χ1v) is 7.93. The number of nitrogens with zero attached hydrogens (tertiary/aromatic N) is 4. The number of benzene rings is 1. The Morgan fingerprint density at radius 2 is 2.17 bits per heavy atom. The number of thioether (sulfide) groups is 1. The van der Waals surface area contributed by atoms with Gasteiger partial charge in [0.25, 0.3) is 0 Å². The maximum absolute atomic E-state index is 12.0. The number of nitrogen functional groups attached to an aromatic ring is 1. The SMILES string of the molecule is CC(C)(C)c1nnc(SCC(=O)Nc2cccc(C#N)c2)n1N. The van der Waals surface area contributed by atoms with Crippen molar-refractivity contribution in [1.82, 2.24) is 14.9 Å². The minimum atomic E-state index is -0.222. The molecule has 1 amide bonds. The molecule has 0 aliphatic rings. The third-order valence-corrected chi connectivity index (χ3v) is 3.89. The molecule has 2 rings (SSSR count). The molecule has 0 unspecified atom stereocenters. The van der Waals surface area contributed by atoms with E-state index in [1.807, 2.05) is 26.8 Å². The molecule has 0 aliphatic heterocycles. The van der Waals surface area contributed by atoms with E-state index < -0.39 is 0 Å². The van der Waals surface area contributed by atoms with E-state index in [-0.39, 0.29) is 17.1 Å². The zero-order chi connectivity index (χ0) is 17.0. The van der Waals surface area contributed by atoms with E-state index >= 15 is 0 Å². The maximum atomic E-state index is 12.0. The Balaban J connectivity index is 1.97. The number of anilines is 1. The number of nitrogens with one attached hydrogen (secondary N) is 1. The second-order valence-corrected chi connectivity index (χ2v) is 6.90. The predicted molar refractivity (Wildman–Crippen MR) is 89.4 cm³/mol. The number of carbonyl (C=O) groups is 1. The maximum Gasteiger partial charge on any atom is 0.234 e. The number of hydrogen-bond donors (Lipinski definition) is 2. The number of amides is 1. The number of nitrogens with two attached hydrogens (primary N) is 1. The monoisotopic (exact) mass is 330 g/mol. The lowest BCUT2D eigenvalue weighted by Crippen LogP contribution is -2.24. The standard InChI is InChI=1S/C15H18N6OS/c1-15(2,3)13-19-20-14(21(13)17)23-9-12(22)18-11-6-4-5-10(7-11)8-16/h4-7H,9,17H2,1-3H3,(H,18,22). The molecule has 1 aromatic carbocycles. The molecule has 0 saturated heterocycles. The fraction of sp³-hybridized carbons (Fsp3) is 0.333. The number of rotatable bonds is 4. The summed E-state index contributed by atoms with van der Waals surface area (Å²) in [7, 11) is 0. The van der Waals surface area contributed by atoms with Crippen LogP contribution in [0.1, 0.15) is 32.2 Å². The smallest absolute Gasteiger partial charge is 0.234 e. The molecule has 1 aromatic heterocycles. The topological polar surface area (TPSA) is 110 Å². The van der Waals surface area contributed by atoms with Gasteiger partial charge in [0.1, 0.15) is 0 Å². The molecule has 2 aromatic rings. The van der Waals surface area contributed by atoms with E-state index in [1.54, 1.807) is 24.3 Å². The molecule has 3 N–H and O–H groups in total. The number of nitriles is 1. The van der Waals surface area contributed by atoms with Crippen LogP contribution in [-0.2, 0) is 10.2 Å². The lowest BCUT2D eigenvalue weighted by Gasteiger charge is -2.16. The van der Waals surface area contributed by atoms with Gasteiger partial charge in [-0.15, -0.1) is 10.2 Å². The van der Waals surface area contributed by atoms with E-state index in [1.165, 1.54) is 16.4 Å². The lowest BCUT2D eigenvalue weighted by atomic mass is 9.96. The Hall–Kier alpha value is -2.53. The van der Waals surface area contributed by atoms with E-state index in [9.17, 15) is 4.79 Å². The van der Waals surface area contributed by atoms with Crippen LogP contribution in [0.15, 0.2) is 29.4 Å². The highest BCUT2D eigenvalue weighted by Crippen LogP contribution is 2.23. The summed E-state index contributed by atoms with van der Waals surface area (Å²) < 4.78 is 1.41. The van der Waals surface area contributed by atoms with Crippen molar-refractivity contribution in [3.63, 3.8) is 0 Å². The highest BCUT2D eigenvalue weighted by molar-refractivity contribution is 7.99. The van der Waals surface area contributed by atoms with Crippen molar-refractivity contribution in [3.05, 3.63) is 35.7 Å². The second kappa shape index (κ2) is 6.71. The Kier molecular flexibility index (Phi) is 4.91. The molecule has 0 fully saturated rings. The predicted octanol–water partition coefficient (Wildman–Crippen LogP) is 1.89. The molecule has 23 heavy (non-hydrogen) atoms. The van der Waals surface area contributed by atoms with Gasteiger partial charge < -0.3 is 11.2 Å². The molecule has 8 heteroatoms. The van der Waals surface area contributed by atoms with Crippen molar-refractivity contribution in [3.8, 4) is 6.07 Å². The summed E-state index contributed by atoms with van der Waals surface area (Å²) in [6.07, 6.45) is 0. The van der Waals surface area contributed by atoms with Gasteiger partial charge in [-0.3, -0.25) is 4.79 Å². The van der Waals surface area contributed by atoms with Gasteiger partial charge in [-0.05, 0) is 18.2 Å². The molecule has 0 radical (unpaired) electrons. The minimum absolute atomic E-state index is 0.149. The average Bonchev–Trinajstić information content (AvgIpc) is 2.86. The summed E-state index contributed by atoms with van der Waals surface area (Å²) in [5.74, 6) is 6.57. The van der Waals surface area contributed by atoms with Crippen molar-refractivity contribution >= 4 is 23.4 Å². The highest BCUT2D eigenvalue weighted by Gasteiger charge is 2.23. The van der Waals surface area contributed by atoms with Crippen molar-refractivity contribution in [2.45, 2.75) is 31.3 Å². The molecular weight excluding hydrogens is 312 g/mol. The molecular formula is C15H18N6OS. The Bertz CT molecular complexity index is 756. The van der Waals surface area contributed by atoms with E-state index in [4.69, 9.17) is 11.1 Å². The van der Waals surface area contributed by atoms with Crippen LogP contribution in [0, 0.1) is 11.3 Å². The van der Waals surface area contributed by atoms with Crippen LogP contribution in [0.25, 0.3) is 0 Å². The molecule has 1 heterocycles. The quantitative estimate of drug-likeness (QED) is 0.654. The summed E-state index contributed by atoms with van der Waals surface area (Å²) in [5, 5.41) is 20.2. The summed E-state index contributed by atoms with van der Waals surface area (Å²) >= 11 is 1.21. The zero-order valence-electron chi connectivity index (χ0n) is 13.2. The van der Waals surface area contributed by atoms with Crippen LogP contribution in [0.5, 0.6) is 0 Å². The van der Waals surface area contributed by atoms with Crippen LogP contribution in [0.2, 0.25) is 0 Å². The van der Waals surface area contributed by atoms with E-state index in [0.29, 0.717) is 22.2 Å². The van der Waals surface area contributed by atoms with Gasteiger partial charge in [0, 0.05) is 11.1 Å². The fourth-order valence-electron chi connectivity index (χ4n) is 1.88. The van der Waals surface area contributed by atoms with Gasteiger partial charge in [0.05, 0.1) is 17.4 Å². The Labute approximate surface area is 138 Å². The Morgan fingerprint density at radius 3 is 2.78 bits per heavy atom. The van der Waals surface area contributed by atoms with Crippen molar-refractivity contribution < 1.29 is 4.79 Å². The molecule has 120 valence electrons. The van der Waals surface area contributed by atoms with E-state index in [0.717, 1.165) is 0 Å². The van der Waals surface area contributed by atoms with Crippen LogP contribution in [-0.4, -0.2) is 26.5 Å². The normalized spacial score (nSPS) is 11.0. The van der Waals surface area contributed by atoms with Gasteiger partial charge in [-0.25, -0.2) is 4.68 Å².